The fourth-order valence-electron chi connectivity index (χ4n) is 1.35. The van der Waals surface area contributed by atoms with Crippen LogP contribution in [0.15, 0.2) is 11.2 Å². The first kappa shape index (κ1) is 8.22. The van der Waals surface area contributed by atoms with Crippen molar-refractivity contribution in [1.82, 2.24) is 20.3 Å². The van der Waals surface area contributed by atoms with E-state index in [4.69, 9.17) is 0 Å². The maximum Gasteiger partial charge on any atom is 0.102 e. The quantitative estimate of drug-likeness (QED) is 0.700. The lowest BCUT2D eigenvalue weighted by Gasteiger charge is -2.01. The number of amidine groups is 1. The molecule has 1 N–H and O–H groups in total. The van der Waals surface area contributed by atoms with Gasteiger partial charge in [0.1, 0.15) is 5.69 Å². The molecule has 0 aliphatic carbocycles. The summed E-state index contributed by atoms with van der Waals surface area (Å²) in [6.07, 6.45) is 4.14. The summed E-state index contributed by atoms with van der Waals surface area (Å²) >= 11 is 0. The molecule has 0 saturated carbocycles. The lowest BCUT2D eigenvalue weighted by molar-refractivity contribution is 0.712. The van der Waals surface area contributed by atoms with E-state index in [1.54, 1.807) is 4.68 Å². The number of nitrogens with zero attached hydrogens (tertiary/aromatic N) is 4. The molecule has 0 bridgehead atoms. The van der Waals surface area contributed by atoms with E-state index < -0.39 is 0 Å². The van der Waals surface area contributed by atoms with Crippen LogP contribution in [0.5, 0.6) is 0 Å². The van der Waals surface area contributed by atoms with E-state index in [1.165, 1.54) is 6.42 Å². The van der Waals surface area contributed by atoms with Crippen molar-refractivity contribution in [3.8, 4) is 0 Å². The van der Waals surface area contributed by atoms with E-state index in [9.17, 15) is 0 Å². The Morgan fingerprint density at radius 2 is 2.54 bits per heavy atom. The van der Waals surface area contributed by atoms with E-state index in [0.29, 0.717) is 0 Å². The Kier molecular flexibility index (Phi) is 2.25. The van der Waals surface area contributed by atoms with Crippen LogP contribution in [0.4, 0.5) is 0 Å². The summed E-state index contributed by atoms with van der Waals surface area (Å²) < 4.78 is 1.70. The molecule has 5 heteroatoms. The van der Waals surface area contributed by atoms with Crippen LogP contribution in [-0.2, 0) is 13.6 Å². The number of hydrogen-bond acceptors (Lipinski definition) is 4. The van der Waals surface area contributed by atoms with Crippen LogP contribution in [0.1, 0.15) is 18.5 Å². The van der Waals surface area contributed by atoms with Gasteiger partial charge in [-0.3, -0.25) is 9.67 Å². The maximum absolute atomic E-state index is 4.31. The van der Waals surface area contributed by atoms with Gasteiger partial charge in [-0.15, -0.1) is 5.10 Å². The van der Waals surface area contributed by atoms with Gasteiger partial charge in [0.2, 0.25) is 0 Å². The van der Waals surface area contributed by atoms with Crippen molar-refractivity contribution in [2.24, 2.45) is 12.0 Å². The molecule has 0 fully saturated rings. The van der Waals surface area contributed by atoms with Gasteiger partial charge in [-0.05, 0) is 6.42 Å². The van der Waals surface area contributed by atoms with Crippen LogP contribution >= 0.6 is 0 Å². The van der Waals surface area contributed by atoms with Crippen LogP contribution in [0.2, 0.25) is 0 Å². The minimum absolute atomic E-state index is 0.729. The fourth-order valence-corrected chi connectivity index (χ4v) is 1.35. The number of hydrogen-bond donors (Lipinski definition) is 1. The van der Waals surface area contributed by atoms with Gasteiger partial charge in [-0.25, -0.2) is 0 Å². The highest BCUT2D eigenvalue weighted by Crippen LogP contribution is 2.01. The Labute approximate surface area is 76.9 Å². The normalized spacial score (nSPS) is 15.9. The Morgan fingerprint density at radius 1 is 1.62 bits per heavy atom. The maximum atomic E-state index is 4.31. The molecule has 0 radical (unpaired) electrons. The zero-order valence-corrected chi connectivity index (χ0v) is 7.69. The van der Waals surface area contributed by atoms with Gasteiger partial charge in [0.25, 0.3) is 0 Å². The van der Waals surface area contributed by atoms with Crippen molar-refractivity contribution in [1.29, 1.82) is 0 Å². The molecule has 2 heterocycles. The largest absolute Gasteiger partial charge is 0.368 e. The number of rotatable bonds is 2. The van der Waals surface area contributed by atoms with Gasteiger partial charge in [-0.1, -0.05) is 5.21 Å². The molecule has 0 spiro atoms. The zero-order valence-electron chi connectivity index (χ0n) is 7.69. The average Bonchev–Trinajstić information content (AvgIpc) is 2.71. The van der Waals surface area contributed by atoms with E-state index >= 15 is 0 Å². The molecule has 0 amide bonds. The molecule has 0 unspecified atom stereocenters. The third kappa shape index (κ3) is 2.05. The second kappa shape index (κ2) is 3.55. The topological polar surface area (TPSA) is 55.1 Å². The molecule has 1 aliphatic rings. The van der Waals surface area contributed by atoms with Gasteiger partial charge in [0, 0.05) is 26.2 Å². The molecule has 70 valence electrons. The number of aryl methyl sites for hydroxylation is 1. The van der Waals surface area contributed by atoms with Crippen molar-refractivity contribution >= 4 is 5.84 Å². The summed E-state index contributed by atoms with van der Waals surface area (Å²) in [6.45, 7) is 1.69. The molecule has 2 rings (SSSR count). The molecule has 5 nitrogen and oxygen atoms in total. The van der Waals surface area contributed by atoms with Crippen LogP contribution in [0, 0.1) is 0 Å². The molecule has 1 aliphatic heterocycles. The Hall–Kier alpha value is -1.39. The first-order valence-corrected chi connectivity index (χ1v) is 4.47. The average molecular weight is 179 g/mol. The zero-order chi connectivity index (χ0) is 9.10. The second-order valence-electron chi connectivity index (χ2n) is 3.17. The van der Waals surface area contributed by atoms with Gasteiger partial charge in [0.15, 0.2) is 0 Å². The molecule has 1 aromatic heterocycles. The van der Waals surface area contributed by atoms with Crippen molar-refractivity contribution in [2.45, 2.75) is 19.4 Å². The number of aromatic nitrogens is 3. The van der Waals surface area contributed by atoms with E-state index in [-0.39, 0.29) is 0 Å². The Morgan fingerprint density at radius 3 is 3.15 bits per heavy atom. The molecule has 0 aromatic carbocycles. The first-order valence-electron chi connectivity index (χ1n) is 4.47. The summed E-state index contributed by atoms with van der Waals surface area (Å²) in [5.74, 6) is 1.10. The van der Waals surface area contributed by atoms with Gasteiger partial charge in [0.05, 0.1) is 12.4 Å². The van der Waals surface area contributed by atoms with Crippen LogP contribution in [-0.4, -0.2) is 27.4 Å². The standard InChI is InChI=1S/C8H13N5/c1-13-6-7(11-12-13)5-10-8-3-2-4-9-8/h6H,2-5H2,1H3,(H,9,10). The summed E-state index contributed by atoms with van der Waals surface area (Å²) in [5, 5.41) is 11.1. The van der Waals surface area contributed by atoms with E-state index in [0.717, 1.165) is 31.0 Å². The Bertz CT molecular complexity index is 314. The van der Waals surface area contributed by atoms with Crippen molar-refractivity contribution in [3.63, 3.8) is 0 Å². The summed E-state index contributed by atoms with van der Waals surface area (Å²) in [6, 6.07) is 0. The van der Waals surface area contributed by atoms with Crippen LogP contribution in [0.3, 0.4) is 0 Å². The first-order chi connectivity index (χ1) is 6.34. The predicted molar refractivity (Wildman–Crippen MR) is 49.4 cm³/mol. The molecular weight excluding hydrogens is 166 g/mol. The molecule has 0 saturated heterocycles. The van der Waals surface area contributed by atoms with Crippen molar-refractivity contribution in [2.75, 3.05) is 6.54 Å². The highest BCUT2D eigenvalue weighted by atomic mass is 15.4. The third-order valence-electron chi connectivity index (χ3n) is 2.00. The summed E-state index contributed by atoms with van der Waals surface area (Å²) in [4.78, 5) is 4.31. The SMILES string of the molecule is Cn1cc(CNC2=NCCC2)nn1. The van der Waals surface area contributed by atoms with E-state index in [2.05, 4.69) is 20.6 Å². The van der Waals surface area contributed by atoms with Crippen molar-refractivity contribution in [3.05, 3.63) is 11.9 Å². The van der Waals surface area contributed by atoms with Crippen LogP contribution < -0.4 is 5.32 Å². The van der Waals surface area contributed by atoms with Gasteiger partial charge < -0.3 is 5.32 Å². The van der Waals surface area contributed by atoms with Gasteiger partial charge in [-0.2, -0.15) is 0 Å². The summed E-state index contributed by atoms with van der Waals surface area (Å²) in [7, 11) is 1.86. The Balaban J connectivity index is 1.85. The molecule has 1 aromatic rings. The lowest BCUT2D eigenvalue weighted by Crippen LogP contribution is -2.20. The van der Waals surface area contributed by atoms with E-state index in [1.807, 2.05) is 13.2 Å². The van der Waals surface area contributed by atoms with Crippen LogP contribution in [0.25, 0.3) is 0 Å². The van der Waals surface area contributed by atoms with Gasteiger partial charge >= 0.3 is 0 Å². The fraction of sp³-hybridized carbons (Fsp3) is 0.625. The minimum Gasteiger partial charge on any atom is -0.368 e. The van der Waals surface area contributed by atoms with Crippen molar-refractivity contribution < 1.29 is 0 Å². The number of nitrogens with one attached hydrogen (secondary N) is 1. The third-order valence-corrected chi connectivity index (χ3v) is 2.00. The summed E-state index contributed by atoms with van der Waals surface area (Å²) in [5.41, 5.74) is 0.956. The lowest BCUT2D eigenvalue weighted by atomic mass is 10.3. The highest BCUT2D eigenvalue weighted by Gasteiger charge is 2.05. The highest BCUT2D eigenvalue weighted by molar-refractivity contribution is 5.83. The predicted octanol–water partition coefficient (Wildman–Crippen LogP) is 0.0970. The molecular formula is C8H13N5. The molecule has 0 atom stereocenters. The number of aliphatic imine (C=N–C) groups is 1. The molecule has 13 heavy (non-hydrogen) atoms. The monoisotopic (exact) mass is 179 g/mol. The smallest absolute Gasteiger partial charge is 0.102 e. The second-order valence-corrected chi connectivity index (χ2v) is 3.17. The minimum atomic E-state index is 0.729.